The number of hydrogen-bond acceptors (Lipinski definition) is 3. The number of likely N-dealkylation sites (tertiary alicyclic amines) is 1. The topological polar surface area (TPSA) is 41.6 Å². The molecule has 1 aromatic rings. The molecule has 0 radical (unpaired) electrons. The Morgan fingerprint density at radius 1 is 1.30 bits per heavy atom. The lowest BCUT2D eigenvalue weighted by molar-refractivity contribution is -0.128. The summed E-state index contributed by atoms with van der Waals surface area (Å²) in [7, 11) is 2.13. The SMILES string of the molecule is CN1CCC([C@H]2OCC[C@@H]2C(=O)NCc2ccccc2F)CC1. The van der Waals surface area contributed by atoms with E-state index in [0.29, 0.717) is 18.1 Å². The normalized spacial score (nSPS) is 26.3. The van der Waals surface area contributed by atoms with Gasteiger partial charge in [-0.25, -0.2) is 4.39 Å². The lowest BCUT2D eigenvalue weighted by Gasteiger charge is -2.34. The monoisotopic (exact) mass is 320 g/mol. The van der Waals surface area contributed by atoms with Gasteiger partial charge in [0.2, 0.25) is 5.91 Å². The summed E-state index contributed by atoms with van der Waals surface area (Å²) in [6.45, 7) is 3.01. The molecule has 4 nitrogen and oxygen atoms in total. The molecule has 2 saturated heterocycles. The maximum Gasteiger partial charge on any atom is 0.226 e. The predicted molar refractivity (Wildman–Crippen MR) is 86.3 cm³/mol. The second-order valence-electron chi connectivity index (χ2n) is 6.68. The van der Waals surface area contributed by atoms with Gasteiger partial charge < -0.3 is 15.0 Å². The highest BCUT2D eigenvalue weighted by Crippen LogP contribution is 2.33. The summed E-state index contributed by atoms with van der Waals surface area (Å²) in [5.41, 5.74) is 0.524. The van der Waals surface area contributed by atoms with Crippen molar-refractivity contribution in [1.29, 1.82) is 0 Å². The van der Waals surface area contributed by atoms with Gasteiger partial charge in [0.1, 0.15) is 5.82 Å². The van der Waals surface area contributed by atoms with Crippen LogP contribution in [0.5, 0.6) is 0 Å². The van der Waals surface area contributed by atoms with E-state index >= 15 is 0 Å². The van der Waals surface area contributed by atoms with Gasteiger partial charge in [-0.05, 0) is 51.4 Å². The third-order valence-electron chi connectivity index (χ3n) is 5.11. The van der Waals surface area contributed by atoms with Crippen LogP contribution in [0.1, 0.15) is 24.8 Å². The number of carbonyl (C=O) groups excluding carboxylic acids is 1. The van der Waals surface area contributed by atoms with E-state index in [1.165, 1.54) is 6.07 Å². The van der Waals surface area contributed by atoms with Crippen molar-refractivity contribution in [2.45, 2.75) is 31.9 Å². The van der Waals surface area contributed by atoms with Crippen LogP contribution in [-0.4, -0.2) is 43.7 Å². The first kappa shape index (κ1) is 16.4. The molecule has 1 N–H and O–H groups in total. The lowest BCUT2D eigenvalue weighted by atomic mass is 9.84. The van der Waals surface area contributed by atoms with Crippen molar-refractivity contribution in [2.24, 2.45) is 11.8 Å². The molecule has 0 aliphatic carbocycles. The van der Waals surface area contributed by atoms with Crippen molar-refractivity contribution < 1.29 is 13.9 Å². The molecule has 2 aliphatic heterocycles. The van der Waals surface area contributed by atoms with E-state index < -0.39 is 0 Å². The largest absolute Gasteiger partial charge is 0.377 e. The molecule has 0 aromatic heterocycles. The molecule has 0 spiro atoms. The number of halogens is 1. The lowest BCUT2D eigenvalue weighted by Crippen LogP contribution is -2.42. The number of benzene rings is 1. The van der Waals surface area contributed by atoms with Crippen molar-refractivity contribution >= 4 is 5.91 Å². The number of amides is 1. The van der Waals surface area contributed by atoms with Crippen LogP contribution in [0.4, 0.5) is 4.39 Å². The molecule has 0 bridgehead atoms. The Morgan fingerprint density at radius 2 is 2.04 bits per heavy atom. The van der Waals surface area contributed by atoms with E-state index in [0.717, 1.165) is 32.4 Å². The summed E-state index contributed by atoms with van der Waals surface area (Å²) >= 11 is 0. The third-order valence-corrected chi connectivity index (χ3v) is 5.11. The molecule has 2 heterocycles. The molecule has 126 valence electrons. The number of nitrogens with zero attached hydrogens (tertiary/aromatic N) is 1. The minimum absolute atomic E-state index is 0.00492. The highest BCUT2D eigenvalue weighted by atomic mass is 19.1. The van der Waals surface area contributed by atoms with Crippen molar-refractivity contribution in [2.75, 3.05) is 26.7 Å². The summed E-state index contributed by atoms with van der Waals surface area (Å²) in [6, 6.07) is 6.56. The number of piperidine rings is 1. The Balaban J connectivity index is 1.57. The zero-order valence-corrected chi connectivity index (χ0v) is 13.6. The quantitative estimate of drug-likeness (QED) is 0.925. The minimum Gasteiger partial charge on any atom is -0.377 e. The predicted octanol–water partition coefficient (Wildman–Crippen LogP) is 2.19. The van der Waals surface area contributed by atoms with Crippen LogP contribution in [0.3, 0.4) is 0 Å². The van der Waals surface area contributed by atoms with Gasteiger partial charge in [-0.15, -0.1) is 0 Å². The molecular weight excluding hydrogens is 295 g/mol. The first-order valence-electron chi connectivity index (χ1n) is 8.46. The van der Waals surface area contributed by atoms with Crippen molar-refractivity contribution in [3.05, 3.63) is 35.6 Å². The summed E-state index contributed by atoms with van der Waals surface area (Å²) in [6.07, 6.45) is 2.95. The van der Waals surface area contributed by atoms with Gasteiger partial charge in [-0.3, -0.25) is 4.79 Å². The van der Waals surface area contributed by atoms with E-state index in [-0.39, 0.29) is 30.3 Å². The average molecular weight is 320 g/mol. The molecule has 5 heteroatoms. The second kappa shape index (κ2) is 7.41. The Bertz CT molecular complexity index is 544. The highest BCUT2D eigenvalue weighted by Gasteiger charge is 2.39. The zero-order valence-electron chi connectivity index (χ0n) is 13.6. The molecule has 2 atom stereocenters. The Hall–Kier alpha value is -1.46. The number of ether oxygens (including phenoxy) is 1. The van der Waals surface area contributed by atoms with Crippen LogP contribution in [0.25, 0.3) is 0 Å². The first-order valence-corrected chi connectivity index (χ1v) is 8.46. The van der Waals surface area contributed by atoms with Gasteiger partial charge in [0, 0.05) is 18.7 Å². The fourth-order valence-corrected chi connectivity index (χ4v) is 3.67. The fraction of sp³-hybridized carbons (Fsp3) is 0.611. The Morgan fingerprint density at radius 3 is 2.78 bits per heavy atom. The first-order chi connectivity index (χ1) is 11.1. The fourth-order valence-electron chi connectivity index (χ4n) is 3.67. The van der Waals surface area contributed by atoms with Crippen LogP contribution < -0.4 is 5.32 Å². The maximum atomic E-state index is 13.6. The average Bonchev–Trinajstić information content (AvgIpc) is 3.04. The van der Waals surface area contributed by atoms with E-state index in [1.807, 2.05) is 0 Å². The van der Waals surface area contributed by atoms with E-state index in [4.69, 9.17) is 4.74 Å². The number of hydrogen-bond donors (Lipinski definition) is 1. The van der Waals surface area contributed by atoms with Crippen molar-refractivity contribution in [3.63, 3.8) is 0 Å². The smallest absolute Gasteiger partial charge is 0.226 e. The van der Waals surface area contributed by atoms with Gasteiger partial charge in [-0.1, -0.05) is 18.2 Å². The van der Waals surface area contributed by atoms with E-state index in [1.54, 1.807) is 18.2 Å². The number of rotatable bonds is 4. The van der Waals surface area contributed by atoms with Gasteiger partial charge in [0.25, 0.3) is 0 Å². The van der Waals surface area contributed by atoms with Crippen molar-refractivity contribution in [1.82, 2.24) is 10.2 Å². The van der Waals surface area contributed by atoms with Crippen LogP contribution in [0, 0.1) is 17.7 Å². The molecular formula is C18H25FN2O2. The molecule has 0 unspecified atom stereocenters. The summed E-state index contributed by atoms with van der Waals surface area (Å²) < 4.78 is 19.5. The molecule has 2 aliphatic rings. The van der Waals surface area contributed by atoms with Crippen LogP contribution in [-0.2, 0) is 16.1 Å². The second-order valence-corrected chi connectivity index (χ2v) is 6.68. The van der Waals surface area contributed by atoms with E-state index in [2.05, 4.69) is 17.3 Å². The number of carbonyl (C=O) groups is 1. The standard InChI is InChI=1S/C18H25FN2O2/c1-21-9-6-13(7-10-21)17-15(8-11-23-17)18(22)20-12-14-4-2-3-5-16(14)19/h2-5,13,15,17H,6-12H2,1H3,(H,20,22)/t15-,17+/m0/s1. The van der Waals surface area contributed by atoms with Gasteiger partial charge in [-0.2, -0.15) is 0 Å². The Kier molecular flexibility index (Phi) is 5.28. The molecule has 1 aromatic carbocycles. The zero-order chi connectivity index (χ0) is 16.2. The summed E-state index contributed by atoms with van der Waals surface area (Å²) in [5.74, 6) is 0.0742. The van der Waals surface area contributed by atoms with Gasteiger partial charge in [0.15, 0.2) is 0 Å². The third kappa shape index (κ3) is 3.90. The summed E-state index contributed by atoms with van der Waals surface area (Å²) in [5, 5.41) is 2.89. The highest BCUT2D eigenvalue weighted by molar-refractivity contribution is 5.79. The molecule has 1 amide bonds. The molecule has 23 heavy (non-hydrogen) atoms. The maximum absolute atomic E-state index is 13.6. The van der Waals surface area contributed by atoms with Crippen LogP contribution in [0.2, 0.25) is 0 Å². The minimum atomic E-state index is -0.276. The Labute approximate surface area is 137 Å². The molecule has 0 saturated carbocycles. The number of nitrogens with one attached hydrogen (secondary N) is 1. The summed E-state index contributed by atoms with van der Waals surface area (Å²) in [4.78, 5) is 14.8. The molecule has 2 fully saturated rings. The van der Waals surface area contributed by atoms with Gasteiger partial charge >= 0.3 is 0 Å². The van der Waals surface area contributed by atoms with Gasteiger partial charge in [0.05, 0.1) is 12.0 Å². The van der Waals surface area contributed by atoms with Crippen molar-refractivity contribution in [3.8, 4) is 0 Å². The van der Waals surface area contributed by atoms with Crippen LogP contribution >= 0.6 is 0 Å². The van der Waals surface area contributed by atoms with Crippen LogP contribution in [0.15, 0.2) is 24.3 Å². The molecule has 3 rings (SSSR count). The van der Waals surface area contributed by atoms with E-state index in [9.17, 15) is 9.18 Å².